The van der Waals surface area contributed by atoms with Gasteiger partial charge in [-0.15, -0.1) is 0 Å². The summed E-state index contributed by atoms with van der Waals surface area (Å²) in [6, 6.07) is 9.89. The van der Waals surface area contributed by atoms with E-state index in [0.717, 1.165) is 18.8 Å². The summed E-state index contributed by atoms with van der Waals surface area (Å²) in [5.74, 6) is 1.29. The number of ketones is 1. The second-order valence-electron chi connectivity index (χ2n) is 3.98. The minimum Gasteiger partial charge on any atom is -0.494 e. The van der Waals surface area contributed by atoms with Gasteiger partial charge in [0, 0.05) is 17.7 Å². The van der Waals surface area contributed by atoms with Gasteiger partial charge in [-0.2, -0.15) is 0 Å². The Morgan fingerprint density at radius 2 is 1.78 bits per heavy atom. The molecule has 0 aromatic heterocycles. The molecule has 0 heterocycles. The molecule has 0 aliphatic carbocycles. The molecule has 18 heavy (non-hydrogen) atoms. The average molecular weight is 315 g/mol. The first-order chi connectivity index (χ1) is 8.60. The first kappa shape index (κ1) is 17.2. The van der Waals surface area contributed by atoms with Crippen molar-refractivity contribution in [3.05, 3.63) is 30.3 Å². The van der Waals surface area contributed by atoms with E-state index >= 15 is 0 Å². The van der Waals surface area contributed by atoms with Crippen molar-refractivity contribution in [1.82, 2.24) is 0 Å². The molecule has 0 N–H and O–H groups in total. The van der Waals surface area contributed by atoms with Crippen LogP contribution >= 0.6 is 15.9 Å². The monoisotopic (exact) mass is 314 g/mol. The number of hydrogen-bond acceptors (Lipinski definition) is 2. The molecule has 2 nitrogen and oxygen atoms in total. The van der Waals surface area contributed by atoms with Gasteiger partial charge in [-0.3, -0.25) is 4.79 Å². The van der Waals surface area contributed by atoms with Crippen molar-refractivity contribution in [3.63, 3.8) is 0 Å². The van der Waals surface area contributed by atoms with Gasteiger partial charge in [0.25, 0.3) is 0 Å². The third-order valence-electron chi connectivity index (χ3n) is 2.32. The minimum absolute atomic E-state index is 0.343. The van der Waals surface area contributed by atoms with Gasteiger partial charge < -0.3 is 4.74 Å². The predicted molar refractivity (Wildman–Crippen MR) is 80.5 cm³/mol. The fourth-order valence-electron chi connectivity index (χ4n) is 1.11. The van der Waals surface area contributed by atoms with E-state index in [4.69, 9.17) is 4.74 Å². The molecule has 0 fully saturated rings. The van der Waals surface area contributed by atoms with Gasteiger partial charge in [0.1, 0.15) is 11.5 Å². The standard InChI is InChI=1S/C10H13BrO.C5H10O/c1-9(11)7-8-12-10-5-3-2-4-6-10;1-3-5(6)4-2/h2-6,9H,7-8H2,1H3;3-4H2,1-2H3. The van der Waals surface area contributed by atoms with Crippen LogP contribution in [-0.2, 0) is 4.79 Å². The number of alkyl halides is 1. The van der Waals surface area contributed by atoms with Crippen molar-refractivity contribution < 1.29 is 9.53 Å². The van der Waals surface area contributed by atoms with Gasteiger partial charge in [0.15, 0.2) is 0 Å². The summed E-state index contributed by atoms with van der Waals surface area (Å²) in [6.45, 7) is 6.66. The summed E-state index contributed by atoms with van der Waals surface area (Å²) >= 11 is 3.47. The van der Waals surface area contributed by atoms with E-state index < -0.39 is 0 Å². The number of ether oxygens (including phenoxy) is 1. The summed E-state index contributed by atoms with van der Waals surface area (Å²) in [5, 5.41) is 0. The van der Waals surface area contributed by atoms with E-state index in [-0.39, 0.29) is 0 Å². The zero-order chi connectivity index (χ0) is 13.8. The molecule has 1 unspecified atom stereocenters. The van der Waals surface area contributed by atoms with Gasteiger partial charge in [0.05, 0.1) is 6.61 Å². The lowest BCUT2D eigenvalue weighted by Gasteiger charge is -2.06. The molecule has 0 amide bonds. The fourth-order valence-corrected chi connectivity index (χ4v) is 1.29. The van der Waals surface area contributed by atoms with E-state index in [0.29, 0.717) is 23.5 Å². The summed E-state index contributed by atoms with van der Waals surface area (Å²) < 4.78 is 5.49. The van der Waals surface area contributed by atoms with Crippen molar-refractivity contribution in [2.75, 3.05) is 6.61 Å². The normalized spacial score (nSPS) is 11.1. The summed E-state index contributed by atoms with van der Waals surface area (Å²) in [6.07, 6.45) is 2.42. The largest absolute Gasteiger partial charge is 0.494 e. The number of Topliss-reactive ketones (excluding diaryl/α,β-unsaturated/α-hetero) is 1. The highest BCUT2D eigenvalue weighted by Crippen LogP contribution is 2.10. The van der Waals surface area contributed by atoms with E-state index in [1.165, 1.54) is 0 Å². The SMILES string of the molecule is CC(Br)CCOc1ccccc1.CCC(=O)CC. The molecule has 1 atom stereocenters. The molecule has 0 radical (unpaired) electrons. The van der Waals surface area contributed by atoms with Crippen molar-refractivity contribution in [2.45, 2.75) is 44.9 Å². The van der Waals surface area contributed by atoms with Crippen molar-refractivity contribution in [3.8, 4) is 5.75 Å². The smallest absolute Gasteiger partial charge is 0.132 e. The highest BCUT2D eigenvalue weighted by atomic mass is 79.9. The van der Waals surface area contributed by atoms with E-state index in [9.17, 15) is 4.79 Å². The first-order valence-electron chi connectivity index (χ1n) is 6.43. The van der Waals surface area contributed by atoms with Crippen LogP contribution in [0.1, 0.15) is 40.0 Å². The first-order valence-corrected chi connectivity index (χ1v) is 7.35. The Morgan fingerprint density at radius 3 is 2.17 bits per heavy atom. The van der Waals surface area contributed by atoms with Crippen molar-refractivity contribution in [2.24, 2.45) is 0 Å². The van der Waals surface area contributed by atoms with Gasteiger partial charge >= 0.3 is 0 Å². The van der Waals surface area contributed by atoms with Crippen LogP contribution in [0.25, 0.3) is 0 Å². The minimum atomic E-state index is 0.343. The van der Waals surface area contributed by atoms with Gasteiger partial charge in [-0.05, 0) is 18.6 Å². The van der Waals surface area contributed by atoms with Crippen LogP contribution in [0.2, 0.25) is 0 Å². The Labute approximate surface area is 119 Å². The zero-order valence-electron chi connectivity index (χ0n) is 11.5. The second kappa shape index (κ2) is 11.3. The Morgan fingerprint density at radius 1 is 1.22 bits per heavy atom. The average Bonchev–Trinajstić information content (AvgIpc) is 2.39. The number of benzene rings is 1. The molecule has 0 spiro atoms. The number of halogens is 1. The molecule has 0 saturated carbocycles. The molecule has 0 bridgehead atoms. The Balaban J connectivity index is 0.000000411. The number of para-hydroxylation sites is 1. The quantitative estimate of drug-likeness (QED) is 0.716. The molecule has 0 aliphatic rings. The van der Waals surface area contributed by atoms with Crippen LogP contribution < -0.4 is 4.74 Å². The number of rotatable bonds is 6. The van der Waals surface area contributed by atoms with Gasteiger partial charge in [-0.1, -0.05) is 54.9 Å². The van der Waals surface area contributed by atoms with Crippen LogP contribution in [0.5, 0.6) is 5.75 Å². The summed E-state index contributed by atoms with van der Waals surface area (Å²) in [7, 11) is 0. The lowest BCUT2D eigenvalue weighted by molar-refractivity contribution is -0.118. The van der Waals surface area contributed by atoms with Gasteiger partial charge in [0.2, 0.25) is 0 Å². The summed E-state index contributed by atoms with van der Waals surface area (Å²) in [4.78, 5) is 10.7. The molecular formula is C15H23BrO2. The third kappa shape index (κ3) is 10.3. The highest BCUT2D eigenvalue weighted by Gasteiger charge is 1.95. The maximum Gasteiger partial charge on any atom is 0.132 e. The maximum atomic E-state index is 10.2. The van der Waals surface area contributed by atoms with E-state index in [1.807, 2.05) is 44.2 Å². The van der Waals surface area contributed by atoms with Crippen LogP contribution in [0, 0.1) is 0 Å². The molecule has 1 aromatic carbocycles. The molecule has 1 rings (SSSR count). The second-order valence-corrected chi connectivity index (χ2v) is 5.54. The highest BCUT2D eigenvalue weighted by molar-refractivity contribution is 9.09. The van der Waals surface area contributed by atoms with Crippen molar-refractivity contribution >= 4 is 21.7 Å². The lowest BCUT2D eigenvalue weighted by atomic mass is 10.3. The third-order valence-corrected chi connectivity index (χ3v) is 2.77. The maximum absolute atomic E-state index is 10.2. The van der Waals surface area contributed by atoms with E-state index in [1.54, 1.807) is 0 Å². The predicted octanol–water partition coefficient (Wildman–Crippen LogP) is 4.61. The number of hydrogen-bond donors (Lipinski definition) is 0. The Bertz CT molecular complexity index is 304. The lowest BCUT2D eigenvalue weighted by Crippen LogP contribution is -2.02. The van der Waals surface area contributed by atoms with Crippen LogP contribution in [0.15, 0.2) is 30.3 Å². The Kier molecular flexibility index (Phi) is 10.8. The molecular weight excluding hydrogens is 292 g/mol. The topological polar surface area (TPSA) is 26.3 Å². The van der Waals surface area contributed by atoms with Crippen molar-refractivity contribution in [1.29, 1.82) is 0 Å². The van der Waals surface area contributed by atoms with Crippen LogP contribution in [0.3, 0.4) is 0 Å². The molecule has 0 aliphatic heterocycles. The number of carbonyl (C=O) groups is 1. The zero-order valence-corrected chi connectivity index (χ0v) is 13.1. The molecule has 3 heteroatoms. The molecule has 102 valence electrons. The summed E-state index contributed by atoms with van der Waals surface area (Å²) in [5.41, 5.74) is 0. The van der Waals surface area contributed by atoms with Crippen LogP contribution in [-0.4, -0.2) is 17.2 Å². The molecule has 1 aromatic rings. The Hall–Kier alpha value is -0.830. The van der Waals surface area contributed by atoms with Gasteiger partial charge in [-0.25, -0.2) is 0 Å². The fraction of sp³-hybridized carbons (Fsp3) is 0.533. The molecule has 0 saturated heterocycles. The van der Waals surface area contributed by atoms with Crippen LogP contribution in [0.4, 0.5) is 0 Å². The van der Waals surface area contributed by atoms with E-state index in [2.05, 4.69) is 22.9 Å². The number of carbonyl (C=O) groups excluding carboxylic acids is 1.